The van der Waals surface area contributed by atoms with Crippen LogP contribution >= 0.6 is 0 Å². The fourth-order valence-corrected chi connectivity index (χ4v) is 7.92. The van der Waals surface area contributed by atoms with Crippen molar-refractivity contribution >= 4 is 5.78 Å². The van der Waals surface area contributed by atoms with E-state index in [4.69, 9.17) is 9.47 Å². The predicted octanol–water partition coefficient (Wildman–Crippen LogP) is 13.8. The van der Waals surface area contributed by atoms with Crippen LogP contribution in [-0.2, 0) is 14.3 Å². The standard InChI is InChI=1S/C47H83NO3/c1-5-7-9-11-13-15-17-19-21-23-25-27-29-31-33-35-37-47(50-45-40-43(41-46(45)51-47)39-44(49)42-48(3)4)38-36-34-32-30-28-26-24-22-20-18-16-14-12-10-8-6-2/h13-16,19-22,43,45-46H,5-12,17-18,23-42H2,1-4H3/b15-13-,16-14-,21-19-,22-20-/t43-,45-,46+. The Labute approximate surface area is 317 Å². The van der Waals surface area contributed by atoms with Crippen molar-refractivity contribution in [1.82, 2.24) is 4.90 Å². The molecule has 0 aromatic heterocycles. The Morgan fingerprint density at radius 1 is 0.549 bits per heavy atom. The van der Waals surface area contributed by atoms with Gasteiger partial charge in [-0.2, -0.15) is 0 Å². The van der Waals surface area contributed by atoms with E-state index in [9.17, 15) is 4.79 Å². The molecule has 0 N–H and O–H groups in total. The van der Waals surface area contributed by atoms with Gasteiger partial charge in [0, 0.05) is 19.3 Å². The number of ether oxygens (including phenoxy) is 2. The van der Waals surface area contributed by atoms with Crippen LogP contribution in [0.2, 0.25) is 0 Å². The topological polar surface area (TPSA) is 38.8 Å². The second-order valence-electron chi connectivity index (χ2n) is 16.2. The van der Waals surface area contributed by atoms with Crippen LogP contribution in [0.25, 0.3) is 0 Å². The Balaban J connectivity index is 1.63. The molecule has 1 saturated heterocycles. The summed E-state index contributed by atoms with van der Waals surface area (Å²) in [5.41, 5.74) is 0. The number of hydrogen-bond donors (Lipinski definition) is 0. The quantitative estimate of drug-likeness (QED) is 0.0492. The molecule has 0 spiro atoms. The molecule has 2 fully saturated rings. The molecule has 1 aliphatic heterocycles. The van der Waals surface area contributed by atoms with Gasteiger partial charge in [-0.05, 0) is 110 Å². The summed E-state index contributed by atoms with van der Waals surface area (Å²) in [6.07, 6.45) is 54.4. The summed E-state index contributed by atoms with van der Waals surface area (Å²) >= 11 is 0. The molecule has 4 nitrogen and oxygen atoms in total. The predicted molar refractivity (Wildman–Crippen MR) is 221 cm³/mol. The van der Waals surface area contributed by atoms with E-state index < -0.39 is 5.79 Å². The summed E-state index contributed by atoms with van der Waals surface area (Å²) in [4.78, 5) is 14.5. The molecule has 4 heteroatoms. The van der Waals surface area contributed by atoms with Gasteiger partial charge in [-0.25, -0.2) is 0 Å². The van der Waals surface area contributed by atoms with Crippen LogP contribution in [0.4, 0.5) is 0 Å². The second kappa shape index (κ2) is 30.9. The molecular weight excluding hydrogens is 627 g/mol. The molecule has 0 radical (unpaired) electrons. The van der Waals surface area contributed by atoms with Crippen molar-refractivity contribution in [3.05, 3.63) is 48.6 Å². The van der Waals surface area contributed by atoms with Crippen molar-refractivity contribution in [2.24, 2.45) is 5.92 Å². The van der Waals surface area contributed by atoms with Crippen LogP contribution in [0.1, 0.15) is 200 Å². The lowest BCUT2D eigenvalue weighted by molar-refractivity contribution is -0.193. The number of carbonyl (C=O) groups excluding carboxylic acids is 1. The highest BCUT2D eigenvalue weighted by Crippen LogP contribution is 2.46. The molecule has 1 aliphatic carbocycles. The number of allylic oxidation sites excluding steroid dienone is 8. The molecule has 0 unspecified atom stereocenters. The zero-order valence-corrected chi connectivity index (χ0v) is 34.2. The van der Waals surface area contributed by atoms with Gasteiger partial charge in [0.1, 0.15) is 5.78 Å². The number of Topliss-reactive ketones (excluding diaryl/α,β-unsaturated/α-hetero) is 1. The van der Waals surface area contributed by atoms with E-state index in [1.807, 2.05) is 19.0 Å². The largest absolute Gasteiger partial charge is 0.344 e. The average Bonchev–Trinajstić information content (AvgIpc) is 3.62. The maximum atomic E-state index is 12.5. The van der Waals surface area contributed by atoms with Crippen LogP contribution in [-0.4, -0.2) is 49.3 Å². The zero-order chi connectivity index (χ0) is 36.7. The smallest absolute Gasteiger partial charge is 0.169 e. The van der Waals surface area contributed by atoms with Crippen molar-refractivity contribution < 1.29 is 14.3 Å². The molecule has 2 rings (SSSR count). The summed E-state index contributed by atoms with van der Waals surface area (Å²) in [5, 5.41) is 0. The molecule has 1 saturated carbocycles. The van der Waals surface area contributed by atoms with Crippen molar-refractivity contribution in [2.75, 3.05) is 20.6 Å². The van der Waals surface area contributed by atoms with Gasteiger partial charge in [0.25, 0.3) is 0 Å². The monoisotopic (exact) mass is 710 g/mol. The van der Waals surface area contributed by atoms with Gasteiger partial charge in [-0.15, -0.1) is 0 Å². The van der Waals surface area contributed by atoms with Crippen LogP contribution in [0, 0.1) is 5.92 Å². The number of rotatable bonds is 34. The third-order valence-corrected chi connectivity index (χ3v) is 10.8. The fourth-order valence-electron chi connectivity index (χ4n) is 7.92. The minimum atomic E-state index is -0.390. The molecule has 0 aromatic carbocycles. The van der Waals surface area contributed by atoms with Gasteiger partial charge in [0.15, 0.2) is 5.79 Å². The number of hydrogen-bond acceptors (Lipinski definition) is 4. The third-order valence-electron chi connectivity index (χ3n) is 10.8. The lowest BCUT2D eigenvalue weighted by atomic mass is 9.97. The van der Waals surface area contributed by atoms with Crippen molar-refractivity contribution in [3.8, 4) is 0 Å². The van der Waals surface area contributed by atoms with Crippen molar-refractivity contribution in [1.29, 1.82) is 0 Å². The Kier molecular flexibility index (Phi) is 27.7. The van der Waals surface area contributed by atoms with Gasteiger partial charge in [0.05, 0.1) is 18.8 Å². The number of carbonyl (C=O) groups is 1. The van der Waals surface area contributed by atoms with Gasteiger partial charge >= 0.3 is 0 Å². The molecular formula is C47H83NO3. The number of ketones is 1. The molecule has 1 heterocycles. The maximum Gasteiger partial charge on any atom is 0.169 e. The zero-order valence-electron chi connectivity index (χ0n) is 34.2. The first-order valence-corrected chi connectivity index (χ1v) is 22.1. The summed E-state index contributed by atoms with van der Waals surface area (Å²) in [5.74, 6) is 0.367. The third kappa shape index (κ3) is 23.7. The highest BCUT2D eigenvalue weighted by molar-refractivity contribution is 5.80. The van der Waals surface area contributed by atoms with E-state index in [0.29, 0.717) is 24.7 Å². The number of nitrogens with zero attached hydrogens (tertiary/aromatic N) is 1. The highest BCUT2D eigenvalue weighted by atomic mass is 16.8. The Hall–Kier alpha value is -1.49. The molecule has 294 valence electrons. The van der Waals surface area contributed by atoms with E-state index in [1.54, 1.807) is 0 Å². The van der Waals surface area contributed by atoms with E-state index in [0.717, 1.165) is 38.5 Å². The Morgan fingerprint density at radius 3 is 1.31 bits per heavy atom. The average molecular weight is 710 g/mol. The maximum absolute atomic E-state index is 12.5. The Bertz CT molecular complexity index is 885. The normalized spacial score (nSPS) is 20.4. The first-order chi connectivity index (χ1) is 25.0. The first-order valence-electron chi connectivity index (χ1n) is 22.1. The second-order valence-corrected chi connectivity index (χ2v) is 16.2. The van der Waals surface area contributed by atoms with Crippen molar-refractivity contribution in [3.63, 3.8) is 0 Å². The molecule has 2 aliphatic rings. The minimum absolute atomic E-state index is 0.177. The van der Waals surface area contributed by atoms with Crippen LogP contribution in [0.5, 0.6) is 0 Å². The van der Waals surface area contributed by atoms with Crippen LogP contribution < -0.4 is 0 Å². The summed E-state index contributed by atoms with van der Waals surface area (Å²) in [6, 6.07) is 0. The molecule has 0 amide bonds. The van der Waals surface area contributed by atoms with Crippen molar-refractivity contribution in [2.45, 2.75) is 218 Å². The minimum Gasteiger partial charge on any atom is -0.344 e. The summed E-state index contributed by atoms with van der Waals surface area (Å²) in [7, 11) is 3.95. The van der Waals surface area contributed by atoms with Crippen LogP contribution in [0.15, 0.2) is 48.6 Å². The van der Waals surface area contributed by atoms with E-state index in [2.05, 4.69) is 62.5 Å². The fraction of sp³-hybridized carbons (Fsp3) is 0.809. The Morgan fingerprint density at radius 2 is 0.922 bits per heavy atom. The SMILES string of the molecule is CCCCC/C=C\C/C=C\CCCCCCCCC1(CCCCCCCC/C=C\C/C=C\CCCCC)O[C@H]2C[C@H](CC(=O)CN(C)C)C[C@H]2O1. The molecule has 3 atom stereocenters. The number of fused-ring (bicyclic) bond motifs is 1. The lowest BCUT2D eigenvalue weighted by Gasteiger charge is -2.30. The molecule has 51 heavy (non-hydrogen) atoms. The van der Waals surface area contributed by atoms with E-state index in [-0.39, 0.29) is 12.2 Å². The number of unbranched alkanes of at least 4 members (excludes halogenated alkanes) is 18. The van der Waals surface area contributed by atoms with E-state index in [1.165, 1.54) is 141 Å². The van der Waals surface area contributed by atoms with Gasteiger partial charge in [-0.1, -0.05) is 140 Å². The summed E-state index contributed by atoms with van der Waals surface area (Å²) in [6.45, 7) is 5.07. The molecule has 0 aromatic rings. The summed E-state index contributed by atoms with van der Waals surface area (Å²) < 4.78 is 13.7. The van der Waals surface area contributed by atoms with Gasteiger partial charge < -0.3 is 14.4 Å². The van der Waals surface area contributed by atoms with Crippen LogP contribution in [0.3, 0.4) is 0 Å². The van der Waals surface area contributed by atoms with Gasteiger partial charge in [0.2, 0.25) is 0 Å². The van der Waals surface area contributed by atoms with E-state index >= 15 is 0 Å². The first kappa shape index (κ1) is 45.7. The lowest BCUT2D eigenvalue weighted by Crippen LogP contribution is -2.32. The number of likely N-dealkylation sites (N-methyl/N-ethyl adjacent to an activating group) is 1. The van der Waals surface area contributed by atoms with Gasteiger partial charge in [-0.3, -0.25) is 4.79 Å². The highest BCUT2D eigenvalue weighted by Gasteiger charge is 2.51. The molecule has 0 bridgehead atoms.